The predicted molar refractivity (Wildman–Crippen MR) is 124 cm³/mol. The second-order valence-electron chi connectivity index (χ2n) is 9.90. The van der Waals surface area contributed by atoms with Gasteiger partial charge in [-0.25, -0.2) is 0 Å². The molecule has 1 unspecified atom stereocenters. The average Bonchev–Trinajstić information content (AvgIpc) is 3.04. The maximum Gasteiger partial charge on any atom is 0.251 e. The van der Waals surface area contributed by atoms with E-state index in [2.05, 4.69) is 34.7 Å². The highest BCUT2D eigenvalue weighted by Crippen LogP contribution is 2.20. The van der Waals surface area contributed by atoms with E-state index in [1.807, 2.05) is 26.0 Å². The summed E-state index contributed by atoms with van der Waals surface area (Å²) in [4.78, 5) is 40.0. The minimum atomic E-state index is -0.725. The van der Waals surface area contributed by atoms with Gasteiger partial charge in [-0.15, -0.1) is 0 Å². The molecular weight excluding hydrogens is 408 g/mol. The lowest BCUT2D eigenvalue weighted by molar-refractivity contribution is -0.127. The van der Waals surface area contributed by atoms with Crippen LogP contribution in [-0.4, -0.2) is 67.6 Å². The summed E-state index contributed by atoms with van der Waals surface area (Å²) in [5.74, 6) is -0.618. The molecule has 8 heteroatoms. The number of ether oxygens (including phenoxy) is 1. The number of nitrogens with one attached hydrogen (secondary N) is 3. The van der Waals surface area contributed by atoms with E-state index < -0.39 is 12.1 Å². The largest absolute Gasteiger partial charge is 0.368 e. The van der Waals surface area contributed by atoms with Gasteiger partial charge in [0.25, 0.3) is 5.91 Å². The molecule has 0 radical (unpaired) electrons. The Kier molecular flexibility index (Phi) is 7.56. The molecule has 1 aromatic carbocycles. The maximum absolute atomic E-state index is 12.9. The van der Waals surface area contributed by atoms with Gasteiger partial charge in [0.05, 0.1) is 6.10 Å². The van der Waals surface area contributed by atoms with E-state index in [9.17, 15) is 14.4 Å². The Hall–Kier alpha value is -2.45. The molecule has 32 heavy (non-hydrogen) atoms. The summed E-state index contributed by atoms with van der Waals surface area (Å²) < 4.78 is 5.30. The van der Waals surface area contributed by atoms with Crippen molar-refractivity contribution >= 4 is 23.3 Å². The highest BCUT2D eigenvalue weighted by atomic mass is 16.5. The highest BCUT2D eigenvalue weighted by Gasteiger charge is 2.36. The van der Waals surface area contributed by atoms with Crippen molar-refractivity contribution in [2.24, 2.45) is 5.92 Å². The predicted octanol–water partition coefficient (Wildman–Crippen LogP) is 1.49. The zero-order valence-electron chi connectivity index (χ0n) is 19.7. The van der Waals surface area contributed by atoms with Gasteiger partial charge in [-0.2, -0.15) is 0 Å². The normalized spacial score (nSPS) is 23.8. The monoisotopic (exact) mass is 444 g/mol. The van der Waals surface area contributed by atoms with Crippen molar-refractivity contribution in [3.8, 4) is 0 Å². The van der Waals surface area contributed by atoms with Gasteiger partial charge in [0.2, 0.25) is 5.91 Å². The summed E-state index contributed by atoms with van der Waals surface area (Å²) in [5, 5.41) is 9.11. The number of benzene rings is 1. The van der Waals surface area contributed by atoms with Crippen LogP contribution in [0.25, 0.3) is 0 Å². The first-order valence-corrected chi connectivity index (χ1v) is 11.4. The van der Waals surface area contributed by atoms with Crippen molar-refractivity contribution in [3.63, 3.8) is 0 Å². The van der Waals surface area contributed by atoms with Crippen molar-refractivity contribution < 1.29 is 19.1 Å². The molecule has 3 rings (SSSR count). The Morgan fingerprint density at radius 3 is 2.50 bits per heavy atom. The SMILES string of the molecule is CC(C)CC(NC(=O)c1ccc(N2CCNC(C)(C)C2)cc1)C(=O)N[C@@H]1C(=O)CO[C@@H]1C. The third kappa shape index (κ3) is 6.07. The number of carbonyl (C=O) groups excluding carboxylic acids is 3. The number of rotatable bonds is 7. The molecule has 0 spiro atoms. The van der Waals surface area contributed by atoms with Gasteiger partial charge < -0.3 is 25.6 Å². The first kappa shape index (κ1) is 24.2. The van der Waals surface area contributed by atoms with Crippen LogP contribution in [0.5, 0.6) is 0 Å². The molecule has 3 N–H and O–H groups in total. The van der Waals surface area contributed by atoms with Crippen molar-refractivity contribution in [1.82, 2.24) is 16.0 Å². The van der Waals surface area contributed by atoms with E-state index >= 15 is 0 Å². The summed E-state index contributed by atoms with van der Waals surface area (Å²) >= 11 is 0. The number of Topliss-reactive ketones (excluding diaryl/α,β-unsaturated/α-hetero) is 1. The molecular formula is C24H36N4O4. The topological polar surface area (TPSA) is 99.8 Å². The Labute approximate surface area is 190 Å². The molecule has 2 saturated heterocycles. The number of ketones is 1. The Morgan fingerprint density at radius 1 is 1.25 bits per heavy atom. The lowest BCUT2D eigenvalue weighted by Crippen LogP contribution is -2.57. The van der Waals surface area contributed by atoms with Crippen LogP contribution in [0.1, 0.15) is 51.4 Å². The van der Waals surface area contributed by atoms with Gasteiger partial charge in [-0.1, -0.05) is 13.8 Å². The van der Waals surface area contributed by atoms with Crippen LogP contribution in [0.2, 0.25) is 0 Å². The fraction of sp³-hybridized carbons (Fsp3) is 0.625. The zero-order chi connectivity index (χ0) is 23.5. The molecule has 0 saturated carbocycles. The molecule has 2 fully saturated rings. The molecule has 2 aliphatic heterocycles. The van der Waals surface area contributed by atoms with Crippen LogP contribution in [0.15, 0.2) is 24.3 Å². The number of hydrogen-bond acceptors (Lipinski definition) is 6. The second-order valence-corrected chi connectivity index (χ2v) is 9.90. The standard InChI is InChI=1S/C24H36N4O4/c1-15(2)12-19(23(31)27-21-16(3)32-13-20(21)29)26-22(30)17-6-8-18(9-7-17)28-11-10-25-24(4,5)14-28/h6-9,15-16,19,21,25H,10-14H2,1-5H3,(H,26,30)(H,27,31)/t16-,19?,21+/m1/s1. The summed E-state index contributed by atoms with van der Waals surface area (Å²) in [6.07, 6.45) is 0.103. The van der Waals surface area contributed by atoms with E-state index in [0.717, 1.165) is 25.3 Å². The molecule has 1 aromatic rings. The van der Waals surface area contributed by atoms with Crippen LogP contribution in [0.3, 0.4) is 0 Å². The van der Waals surface area contributed by atoms with Crippen LogP contribution in [0, 0.1) is 5.92 Å². The maximum atomic E-state index is 12.9. The summed E-state index contributed by atoms with van der Waals surface area (Å²) in [6.45, 7) is 12.8. The number of anilines is 1. The Morgan fingerprint density at radius 2 is 1.94 bits per heavy atom. The number of carbonyl (C=O) groups is 3. The van der Waals surface area contributed by atoms with Gasteiger partial charge in [0, 0.05) is 36.4 Å². The van der Waals surface area contributed by atoms with Gasteiger partial charge in [-0.3, -0.25) is 14.4 Å². The lowest BCUT2D eigenvalue weighted by atomic mass is 10.0. The number of piperazine rings is 1. The molecule has 2 aliphatic rings. The summed E-state index contributed by atoms with van der Waals surface area (Å²) in [7, 11) is 0. The van der Waals surface area contributed by atoms with Crippen LogP contribution in [0.4, 0.5) is 5.69 Å². The van der Waals surface area contributed by atoms with Gasteiger partial charge in [0.1, 0.15) is 18.7 Å². The molecule has 3 atom stereocenters. The minimum Gasteiger partial charge on any atom is -0.368 e. The Balaban J connectivity index is 1.65. The molecule has 2 amide bonds. The Bertz CT molecular complexity index is 837. The average molecular weight is 445 g/mol. The van der Waals surface area contributed by atoms with Gasteiger partial charge >= 0.3 is 0 Å². The van der Waals surface area contributed by atoms with E-state index in [-0.39, 0.29) is 41.8 Å². The van der Waals surface area contributed by atoms with E-state index in [4.69, 9.17) is 4.74 Å². The zero-order valence-corrected chi connectivity index (χ0v) is 19.7. The highest BCUT2D eigenvalue weighted by molar-refractivity contribution is 5.99. The number of hydrogen-bond donors (Lipinski definition) is 3. The fourth-order valence-corrected chi connectivity index (χ4v) is 4.24. The minimum absolute atomic E-state index is 0.00390. The van der Waals surface area contributed by atoms with E-state index in [1.54, 1.807) is 19.1 Å². The quantitative estimate of drug-likeness (QED) is 0.589. The molecule has 2 heterocycles. The lowest BCUT2D eigenvalue weighted by Gasteiger charge is -2.40. The number of amides is 2. The first-order chi connectivity index (χ1) is 15.1. The van der Waals surface area contributed by atoms with Gasteiger partial charge in [0.15, 0.2) is 5.78 Å². The van der Waals surface area contributed by atoms with Crippen molar-refractivity contribution in [1.29, 1.82) is 0 Å². The number of nitrogens with zero attached hydrogens (tertiary/aromatic N) is 1. The van der Waals surface area contributed by atoms with Crippen molar-refractivity contribution in [2.75, 3.05) is 31.1 Å². The van der Waals surface area contributed by atoms with E-state index in [1.165, 1.54) is 0 Å². The van der Waals surface area contributed by atoms with Crippen LogP contribution in [-0.2, 0) is 14.3 Å². The second kappa shape index (κ2) is 10.0. The van der Waals surface area contributed by atoms with Crippen molar-refractivity contribution in [3.05, 3.63) is 29.8 Å². The molecule has 176 valence electrons. The molecule has 0 aliphatic carbocycles. The van der Waals surface area contributed by atoms with Gasteiger partial charge in [-0.05, 0) is 57.4 Å². The third-order valence-electron chi connectivity index (χ3n) is 6.00. The van der Waals surface area contributed by atoms with E-state index in [0.29, 0.717) is 12.0 Å². The smallest absolute Gasteiger partial charge is 0.251 e. The molecule has 0 aromatic heterocycles. The summed E-state index contributed by atoms with van der Waals surface area (Å²) in [6, 6.07) is 6.09. The van der Waals surface area contributed by atoms with Crippen molar-refractivity contribution in [2.45, 2.75) is 64.8 Å². The van der Waals surface area contributed by atoms with Crippen LogP contribution < -0.4 is 20.9 Å². The fourth-order valence-electron chi connectivity index (χ4n) is 4.24. The molecule has 8 nitrogen and oxygen atoms in total. The first-order valence-electron chi connectivity index (χ1n) is 11.4. The van der Waals surface area contributed by atoms with Crippen LogP contribution >= 0.6 is 0 Å². The summed E-state index contributed by atoms with van der Waals surface area (Å²) in [5.41, 5.74) is 1.61. The molecule has 0 bridgehead atoms. The third-order valence-corrected chi connectivity index (χ3v) is 6.00.